The maximum Gasteiger partial charge on any atom is 0.155 e. The largest absolute Gasteiger partial charge is 0.379 e. The van der Waals surface area contributed by atoms with Crippen LogP contribution in [0.25, 0.3) is 0 Å². The van der Waals surface area contributed by atoms with E-state index in [1.807, 2.05) is 0 Å². The molecule has 0 spiro atoms. The maximum atomic E-state index is 5.71. The molecule has 0 unspecified atom stereocenters. The Kier molecular flexibility index (Phi) is 4.77. The minimum atomic E-state index is 0.457. The lowest BCUT2D eigenvalue weighted by atomic mass is 9.96. The van der Waals surface area contributed by atoms with Gasteiger partial charge in [-0.15, -0.1) is 6.42 Å². The average molecular weight is 196 g/mol. The molecule has 0 aliphatic heterocycles. The van der Waals surface area contributed by atoms with E-state index in [-0.39, 0.29) is 0 Å². The normalized spacial score (nSPS) is 19.8. The van der Waals surface area contributed by atoms with E-state index in [9.17, 15) is 0 Å². The molecule has 1 rings (SSSR count). The molecule has 72 valence electrons. The van der Waals surface area contributed by atoms with Gasteiger partial charge in [0.2, 0.25) is 0 Å². The zero-order chi connectivity index (χ0) is 9.52. The lowest BCUT2D eigenvalue weighted by Gasteiger charge is -2.17. The summed E-state index contributed by atoms with van der Waals surface area (Å²) in [6, 6.07) is 0.457. The molecule has 0 saturated heterocycles. The van der Waals surface area contributed by atoms with Gasteiger partial charge in [-0.1, -0.05) is 36.9 Å². The summed E-state index contributed by atoms with van der Waals surface area (Å²) in [5.41, 5.74) is 5.71. The molecule has 0 aromatic rings. The molecule has 1 saturated carbocycles. The highest BCUT2D eigenvalue weighted by Crippen LogP contribution is 2.20. The maximum absolute atomic E-state index is 5.71. The molecule has 0 aromatic heterocycles. The van der Waals surface area contributed by atoms with Crippen LogP contribution in [0.5, 0.6) is 0 Å². The van der Waals surface area contributed by atoms with Crippen molar-refractivity contribution in [3.05, 3.63) is 0 Å². The van der Waals surface area contributed by atoms with Crippen molar-refractivity contribution in [2.75, 3.05) is 5.75 Å². The number of nitrogens with two attached hydrogens (primary N) is 1. The molecule has 0 aromatic carbocycles. The Balaban J connectivity index is 2.30. The number of thioether (sulfide) groups is 1. The topological polar surface area (TPSA) is 38.4 Å². The predicted octanol–water partition coefficient (Wildman–Crippen LogP) is 2.00. The zero-order valence-corrected chi connectivity index (χ0v) is 8.65. The Morgan fingerprint density at radius 3 is 2.77 bits per heavy atom. The van der Waals surface area contributed by atoms with Crippen molar-refractivity contribution in [2.24, 2.45) is 10.7 Å². The average Bonchev–Trinajstić information content (AvgIpc) is 2.16. The van der Waals surface area contributed by atoms with Gasteiger partial charge < -0.3 is 5.73 Å². The number of rotatable bonds is 2. The summed E-state index contributed by atoms with van der Waals surface area (Å²) in [6.07, 6.45) is 11.4. The standard InChI is InChI=1S/C10H16N2S/c1-2-8-13-10(11)12-9-6-4-3-5-7-9/h1,9H,3-8H2,(H2,11,12). The number of hydrogen-bond acceptors (Lipinski definition) is 2. The molecule has 0 heterocycles. The molecule has 13 heavy (non-hydrogen) atoms. The van der Waals surface area contributed by atoms with Crippen LogP contribution in [0.2, 0.25) is 0 Å². The lowest BCUT2D eigenvalue weighted by Crippen LogP contribution is -2.16. The van der Waals surface area contributed by atoms with Crippen molar-refractivity contribution < 1.29 is 0 Å². The van der Waals surface area contributed by atoms with Crippen LogP contribution in [-0.2, 0) is 0 Å². The number of nitrogens with zero attached hydrogens (tertiary/aromatic N) is 1. The second-order valence-electron chi connectivity index (χ2n) is 3.25. The second kappa shape index (κ2) is 5.93. The molecule has 1 fully saturated rings. The van der Waals surface area contributed by atoms with Gasteiger partial charge in [0.05, 0.1) is 11.8 Å². The molecular formula is C10H16N2S. The molecule has 1 aliphatic rings. The third kappa shape index (κ3) is 4.23. The van der Waals surface area contributed by atoms with E-state index in [0.29, 0.717) is 17.0 Å². The van der Waals surface area contributed by atoms with E-state index in [2.05, 4.69) is 10.9 Å². The van der Waals surface area contributed by atoms with E-state index >= 15 is 0 Å². The van der Waals surface area contributed by atoms with E-state index in [1.54, 1.807) is 0 Å². The fourth-order valence-electron chi connectivity index (χ4n) is 1.54. The van der Waals surface area contributed by atoms with Gasteiger partial charge >= 0.3 is 0 Å². The summed E-state index contributed by atoms with van der Waals surface area (Å²) < 4.78 is 0. The van der Waals surface area contributed by atoms with Crippen LogP contribution in [0, 0.1) is 12.3 Å². The van der Waals surface area contributed by atoms with E-state index in [1.165, 1.54) is 43.9 Å². The summed E-state index contributed by atoms with van der Waals surface area (Å²) in [7, 11) is 0. The molecule has 2 N–H and O–H groups in total. The Hall–Kier alpha value is -0.620. The van der Waals surface area contributed by atoms with Gasteiger partial charge in [0, 0.05) is 0 Å². The third-order valence-corrected chi connectivity index (χ3v) is 2.90. The lowest BCUT2D eigenvalue weighted by molar-refractivity contribution is 0.444. The first-order valence-corrected chi connectivity index (χ1v) is 5.71. The second-order valence-corrected chi connectivity index (χ2v) is 4.25. The SMILES string of the molecule is C#CCSC(N)=NC1CCCCC1. The molecule has 0 radical (unpaired) electrons. The molecular weight excluding hydrogens is 180 g/mol. The van der Waals surface area contributed by atoms with Gasteiger partial charge in [0.25, 0.3) is 0 Å². The Morgan fingerprint density at radius 2 is 2.15 bits per heavy atom. The molecule has 1 aliphatic carbocycles. The summed E-state index contributed by atoms with van der Waals surface area (Å²) in [5, 5.41) is 0.657. The summed E-state index contributed by atoms with van der Waals surface area (Å²) in [6.45, 7) is 0. The van der Waals surface area contributed by atoms with Crippen LogP contribution >= 0.6 is 11.8 Å². The third-order valence-electron chi connectivity index (χ3n) is 2.19. The minimum Gasteiger partial charge on any atom is -0.379 e. The minimum absolute atomic E-state index is 0.457. The molecule has 0 amide bonds. The van der Waals surface area contributed by atoms with Crippen molar-refractivity contribution in [3.63, 3.8) is 0 Å². The van der Waals surface area contributed by atoms with Gasteiger partial charge in [-0.25, -0.2) is 0 Å². The van der Waals surface area contributed by atoms with Gasteiger partial charge in [0.15, 0.2) is 5.17 Å². The van der Waals surface area contributed by atoms with Gasteiger partial charge in [-0.05, 0) is 12.8 Å². The van der Waals surface area contributed by atoms with Gasteiger partial charge in [-0.3, -0.25) is 4.99 Å². The molecule has 0 atom stereocenters. The van der Waals surface area contributed by atoms with Crippen molar-refractivity contribution in [2.45, 2.75) is 38.1 Å². The van der Waals surface area contributed by atoms with Crippen molar-refractivity contribution >= 4 is 16.9 Å². The Bertz CT molecular complexity index is 211. The quantitative estimate of drug-likeness (QED) is 0.417. The van der Waals surface area contributed by atoms with Crippen LogP contribution in [0.3, 0.4) is 0 Å². The Labute approximate surface area is 84.4 Å². The van der Waals surface area contributed by atoms with Crippen LogP contribution in [-0.4, -0.2) is 17.0 Å². The number of hydrogen-bond donors (Lipinski definition) is 1. The fourth-order valence-corrected chi connectivity index (χ4v) is 2.00. The van der Waals surface area contributed by atoms with E-state index in [4.69, 9.17) is 12.2 Å². The van der Waals surface area contributed by atoms with Crippen molar-refractivity contribution in [3.8, 4) is 12.3 Å². The van der Waals surface area contributed by atoms with Crippen molar-refractivity contribution in [1.82, 2.24) is 0 Å². The number of amidine groups is 1. The monoisotopic (exact) mass is 196 g/mol. The Morgan fingerprint density at radius 1 is 1.46 bits per heavy atom. The summed E-state index contributed by atoms with van der Waals surface area (Å²) in [4.78, 5) is 4.44. The predicted molar refractivity (Wildman–Crippen MR) is 59.8 cm³/mol. The highest BCUT2D eigenvalue weighted by molar-refractivity contribution is 8.13. The van der Waals surface area contributed by atoms with Gasteiger partial charge in [-0.2, -0.15) is 0 Å². The van der Waals surface area contributed by atoms with Crippen LogP contribution in [0.15, 0.2) is 4.99 Å². The van der Waals surface area contributed by atoms with Crippen molar-refractivity contribution in [1.29, 1.82) is 0 Å². The highest BCUT2D eigenvalue weighted by atomic mass is 32.2. The number of aliphatic imine (C=N–C) groups is 1. The zero-order valence-electron chi connectivity index (χ0n) is 7.83. The molecule has 0 bridgehead atoms. The number of terminal acetylenes is 1. The van der Waals surface area contributed by atoms with Crippen LogP contribution < -0.4 is 5.73 Å². The first-order chi connectivity index (χ1) is 6.33. The summed E-state index contributed by atoms with van der Waals surface area (Å²) in [5.74, 6) is 3.17. The molecule has 2 nitrogen and oxygen atoms in total. The van der Waals surface area contributed by atoms with Gasteiger partial charge in [0.1, 0.15) is 0 Å². The first-order valence-electron chi connectivity index (χ1n) is 4.72. The smallest absolute Gasteiger partial charge is 0.155 e. The van der Waals surface area contributed by atoms with Crippen LogP contribution in [0.1, 0.15) is 32.1 Å². The summed E-state index contributed by atoms with van der Waals surface area (Å²) >= 11 is 1.46. The van der Waals surface area contributed by atoms with Crippen LogP contribution in [0.4, 0.5) is 0 Å². The van der Waals surface area contributed by atoms with E-state index in [0.717, 1.165) is 0 Å². The molecule has 3 heteroatoms. The highest BCUT2D eigenvalue weighted by Gasteiger charge is 2.11. The first kappa shape index (κ1) is 10.5. The van der Waals surface area contributed by atoms with E-state index < -0.39 is 0 Å². The fraction of sp³-hybridized carbons (Fsp3) is 0.700.